The molecule has 21 heavy (non-hydrogen) atoms. The third-order valence-corrected chi connectivity index (χ3v) is 5.67. The molecule has 3 heteroatoms. The molecule has 0 aromatic heterocycles. The van der Waals surface area contributed by atoms with Crippen molar-refractivity contribution in [1.29, 1.82) is 0 Å². The van der Waals surface area contributed by atoms with E-state index in [2.05, 4.69) is 10.2 Å². The molecule has 0 aromatic carbocycles. The average molecular weight is 292 g/mol. The number of carbonyl (C=O) groups excluding carboxylic acids is 1. The highest BCUT2D eigenvalue weighted by Gasteiger charge is 2.25. The first-order chi connectivity index (χ1) is 10.3. The van der Waals surface area contributed by atoms with Crippen molar-refractivity contribution < 1.29 is 4.79 Å². The number of hydrogen-bond donors (Lipinski definition) is 1. The van der Waals surface area contributed by atoms with E-state index < -0.39 is 0 Å². The van der Waals surface area contributed by atoms with Gasteiger partial charge in [0.1, 0.15) is 0 Å². The minimum Gasteiger partial charge on any atom is -0.353 e. The summed E-state index contributed by atoms with van der Waals surface area (Å²) in [4.78, 5) is 14.4. The molecule has 0 unspecified atom stereocenters. The molecule has 1 amide bonds. The van der Waals surface area contributed by atoms with Crippen LogP contribution >= 0.6 is 0 Å². The summed E-state index contributed by atoms with van der Waals surface area (Å²) >= 11 is 0. The highest BCUT2D eigenvalue weighted by molar-refractivity contribution is 5.76. The molecule has 0 atom stereocenters. The lowest BCUT2D eigenvalue weighted by molar-refractivity contribution is -0.121. The molecular weight excluding hydrogens is 260 g/mol. The van der Waals surface area contributed by atoms with Gasteiger partial charge in [0.15, 0.2) is 0 Å². The summed E-state index contributed by atoms with van der Waals surface area (Å²) in [5.41, 5.74) is 0. The van der Waals surface area contributed by atoms with E-state index in [-0.39, 0.29) is 0 Å². The normalized spacial score (nSPS) is 25.9. The quantitative estimate of drug-likeness (QED) is 0.814. The number of likely N-dealkylation sites (tertiary alicyclic amines) is 1. The number of nitrogens with zero attached hydrogens (tertiary/aromatic N) is 1. The highest BCUT2D eigenvalue weighted by atomic mass is 16.1. The van der Waals surface area contributed by atoms with Crippen LogP contribution in [0.5, 0.6) is 0 Å². The molecule has 2 saturated carbocycles. The summed E-state index contributed by atoms with van der Waals surface area (Å²) in [6, 6.07) is 0.523. The van der Waals surface area contributed by atoms with Crippen LogP contribution in [0, 0.1) is 11.8 Å². The fourth-order valence-electron chi connectivity index (χ4n) is 4.06. The Labute approximate surface area is 129 Å². The van der Waals surface area contributed by atoms with Crippen molar-refractivity contribution >= 4 is 5.91 Å². The minimum absolute atomic E-state index is 0.294. The van der Waals surface area contributed by atoms with Crippen molar-refractivity contribution in [3.05, 3.63) is 0 Å². The molecule has 1 N–H and O–H groups in total. The Bertz CT molecular complexity index is 326. The number of amides is 1. The molecule has 1 heterocycles. The van der Waals surface area contributed by atoms with Gasteiger partial charge in [0, 0.05) is 19.0 Å². The van der Waals surface area contributed by atoms with Crippen LogP contribution in [0.25, 0.3) is 0 Å². The second-order valence-corrected chi connectivity index (χ2v) is 7.63. The maximum atomic E-state index is 11.7. The van der Waals surface area contributed by atoms with Gasteiger partial charge < -0.3 is 10.2 Å². The van der Waals surface area contributed by atoms with E-state index in [1.54, 1.807) is 0 Å². The van der Waals surface area contributed by atoms with E-state index in [9.17, 15) is 4.79 Å². The van der Waals surface area contributed by atoms with Gasteiger partial charge in [0.25, 0.3) is 0 Å². The highest BCUT2D eigenvalue weighted by Crippen LogP contribution is 2.27. The van der Waals surface area contributed by atoms with E-state index >= 15 is 0 Å². The number of carbonyl (C=O) groups is 1. The number of nitrogens with one attached hydrogen (secondary N) is 1. The van der Waals surface area contributed by atoms with Crippen LogP contribution in [0.15, 0.2) is 0 Å². The summed E-state index contributed by atoms with van der Waals surface area (Å²) in [7, 11) is 0. The first-order valence-electron chi connectivity index (χ1n) is 9.31. The molecule has 3 rings (SSSR count). The minimum atomic E-state index is 0.294. The van der Waals surface area contributed by atoms with Gasteiger partial charge in [0.05, 0.1) is 0 Å². The monoisotopic (exact) mass is 292 g/mol. The van der Waals surface area contributed by atoms with Gasteiger partial charge in [-0.3, -0.25) is 4.79 Å². The summed E-state index contributed by atoms with van der Waals surface area (Å²) in [6.07, 6.45) is 14.2. The van der Waals surface area contributed by atoms with Gasteiger partial charge in [-0.15, -0.1) is 0 Å². The molecule has 120 valence electrons. The lowest BCUT2D eigenvalue weighted by Crippen LogP contribution is -2.38. The maximum absolute atomic E-state index is 11.7. The van der Waals surface area contributed by atoms with Gasteiger partial charge in [-0.25, -0.2) is 0 Å². The predicted octanol–water partition coefficient (Wildman–Crippen LogP) is 3.34. The SMILES string of the molecule is O=C(CCC1CCN(CC2CCCCC2)CC1)NC1CC1. The van der Waals surface area contributed by atoms with Crippen molar-refractivity contribution in [1.82, 2.24) is 10.2 Å². The standard InChI is InChI=1S/C18H32N2O/c21-18(19-17-7-8-17)9-6-15-10-12-20(13-11-15)14-16-4-2-1-3-5-16/h15-17H,1-14H2,(H,19,21). The van der Waals surface area contributed by atoms with Gasteiger partial charge in [0.2, 0.25) is 5.91 Å². The van der Waals surface area contributed by atoms with Gasteiger partial charge in [-0.1, -0.05) is 19.3 Å². The number of hydrogen-bond acceptors (Lipinski definition) is 2. The van der Waals surface area contributed by atoms with E-state index in [4.69, 9.17) is 0 Å². The largest absolute Gasteiger partial charge is 0.353 e. The zero-order valence-corrected chi connectivity index (χ0v) is 13.5. The lowest BCUT2D eigenvalue weighted by Gasteiger charge is -2.35. The van der Waals surface area contributed by atoms with Gasteiger partial charge >= 0.3 is 0 Å². The third-order valence-electron chi connectivity index (χ3n) is 5.67. The molecule has 2 aliphatic carbocycles. The Morgan fingerprint density at radius 3 is 2.29 bits per heavy atom. The summed E-state index contributed by atoms with van der Waals surface area (Å²) in [5.74, 6) is 2.05. The Morgan fingerprint density at radius 1 is 0.905 bits per heavy atom. The topological polar surface area (TPSA) is 32.3 Å². The number of piperidine rings is 1. The first-order valence-corrected chi connectivity index (χ1v) is 9.31. The second kappa shape index (κ2) is 7.62. The van der Waals surface area contributed by atoms with Crippen LogP contribution in [0.3, 0.4) is 0 Å². The first kappa shape index (κ1) is 15.3. The summed E-state index contributed by atoms with van der Waals surface area (Å²) in [6.45, 7) is 3.88. The second-order valence-electron chi connectivity index (χ2n) is 7.63. The van der Waals surface area contributed by atoms with E-state index in [0.717, 1.165) is 24.7 Å². The molecule has 3 nitrogen and oxygen atoms in total. The molecule has 1 saturated heterocycles. The van der Waals surface area contributed by atoms with Crippen molar-refractivity contribution in [2.45, 2.75) is 76.7 Å². The molecule has 3 fully saturated rings. The maximum Gasteiger partial charge on any atom is 0.220 e. The molecular formula is C18H32N2O. The predicted molar refractivity (Wildman–Crippen MR) is 86.1 cm³/mol. The van der Waals surface area contributed by atoms with Crippen LogP contribution in [0.4, 0.5) is 0 Å². The molecule has 1 aliphatic heterocycles. The van der Waals surface area contributed by atoms with Crippen LogP contribution in [-0.2, 0) is 4.79 Å². The van der Waals surface area contributed by atoms with Crippen molar-refractivity contribution in [2.24, 2.45) is 11.8 Å². The fourth-order valence-corrected chi connectivity index (χ4v) is 4.06. The van der Waals surface area contributed by atoms with Crippen LogP contribution in [-0.4, -0.2) is 36.5 Å². The van der Waals surface area contributed by atoms with Crippen molar-refractivity contribution in [3.63, 3.8) is 0 Å². The molecule has 0 spiro atoms. The van der Waals surface area contributed by atoms with E-state index in [0.29, 0.717) is 11.9 Å². The zero-order chi connectivity index (χ0) is 14.5. The lowest BCUT2D eigenvalue weighted by atomic mass is 9.87. The van der Waals surface area contributed by atoms with E-state index in [1.807, 2.05) is 0 Å². The van der Waals surface area contributed by atoms with Crippen LogP contribution in [0.1, 0.15) is 70.6 Å². The van der Waals surface area contributed by atoms with Gasteiger partial charge in [-0.05, 0) is 69.9 Å². The van der Waals surface area contributed by atoms with Crippen LogP contribution in [0.2, 0.25) is 0 Å². The smallest absolute Gasteiger partial charge is 0.220 e. The average Bonchev–Trinajstić information content (AvgIpc) is 3.32. The number of rotatable bonds is 6. The zero-order valence-electron chi connectivity index (χ0n) is 13.5. The Hall–Kier alpha value is -0.570. The summed E-state index contributed by atoms with van der Waals surface area (Å²) in [5, 5.41) is 3.11. The van der Waals surface area contributed by atoms with Gasteiger partial charge in [-0.2, -0.15) is 0 Å². The summed E-state index contributed by atoms with van der Waals surface area (Å²) < 4.78 is 0. The van der Waals surface area contributed by atoms with Crippen LogP contribution < -0.4 is 5.32 Å². The van der Waals surface area contributed by atoms with E-state index in [1.165, 1.54) is 77.4 Å². The van der Waals surface area contributed by atoms with Crippen molar-refractivity contribution in [2.75, 3.05) is 19.6 Å². The fraction of sp³-hybridized carbons (Fsp3) is 0.944. The Morgan fingerprint density at radius 2 is 1.62 bits per heavy atom. The molecule has 0 aromatic rings. The Balaban J connectivity index is 1.28. The molecule has 0 bridgehead atoms. The van der Waals surface area contributed by atoms with Crippen molar-refractivity contribution in [3.8, 4) is 0 Å². The molecule has 3 aliphatic rings. The molecule has 0 radical (unpaired) electrons. The third kappa shape index (κ3) is 5.28. The Kier molecular flexibility index (Phi) is 5.56.